The van der Waals surface area contributed by atoms with Crippen LogP contribution in [0.5, 0.6) is 0 Å². The van der Waals surface area contributed by atoms with Crippen molar-refractivity contribution in [1.29, 1.82) is 0 Å². The fraction of sp³-hybridized carbons (Fsp3) is 0.636. The third kappa shape index (κ3) is 4.78. The SMILES string of the molecule is C=C1O[C@H](C(C)O)[C@H](C)/C=C(\C)[C@]23O[C@@H]4[C@H](C=CC2C[C@@H]1OC)[C@H]3[C@H](O)[C@@H](C)[C@H]4OC(=O)c1cccn1C(=O)C(C)C. The van der Waals surface area contributed by atoms with Gasteiger partial charge in [-0.05, 0) is 38.0 Å². The van der Waals surface area contributed by atoms with Crippen LogP contribution in [0.25, 0.3) is 0 Å². The molecule has 9 heteroatoms. The molecule has 2 N–H and O–H groups in total. The zero-order chi connectivity index (χ0) is 30.7. The van der Waals surface area contributed by atoms with Crippen molar-refractivity contribution in [3.8, 4) is 0 Å². The summed E-state index contributed by atoms with van der Waals surface area (Å²) in [7, 11) is 1.61. The minimum absolute atomic E-state index is 0.152. The van der Waals surface area contributed by atoms with Crippen LogP contribution in [0, 0.1) is 35.5 Å². The summed E-state index contributed by atoms with van der Waals surface area (Å²) in [4.78, 5) is 26.2. The zero-order valence-electron chi connectivity index (χ0n) is 25.6. The molecule has 2 aliphatic carbocycles. The molecule has 2 aliphatic heterocycles. The van der Waals surface area contributed by atoms with Crippen LogP contribution in [-0.2, 0) is 18.9 Å². The number of nitrogens with zero attached hydrogens (tertiary/aromatic N) is 1. The van der Waals surface area contributed by atoms with Crippen molar-refractivity contribution in [3.05, 3.63) is 60.2 Å². The van der Waals surface area contributed by atoms with Crippen LogP contribution in [0.2, 0.25) is 0 Å². The molecule has 1 spiro atoms. The molecule has 2 fully saturated rings. The number of aliphatic hydroxyl groups excluding tert-OH is 2. The van der Waals surface area contributed by atoms with E-state index in [-0.39, 0.29) is 41.2 Å². The second kappa shape index (κ2) is 11.4. The number of aromatic nitrogens is 1. The van der Waals surface area contributed by atoms with E-state index in [1.165, 1.54) is 4.57 Å². The average Bonchev–Trinajstić information content (AvgIpc) is 3.50. The Labute approximate surface area is 248 Å². The van der Waals surface area contributed by atoms with Crippen LogP contribution < -0.4 is 0 Å². The van der Waals surface area contributed by atoms with E-state index in [4.69, 9.17) is 18.9 Å². The van der Waals surface area contributed by atoms with E-state index < -0.39 is 54.1 Å². The summed E-state index contributed by atoms with van der Waals surface area (Å²) >= 11 is 0. The summed E-state index contributed by atoms with van der Waals surface area (Å²) in [6, 6.07) is 3.23. The number of carbonyl (C=O) groups excluding carboxylic acids is 2. The van der Waals surface area contributed by atoms with Gasteiger partial charge in [0.15, 0.2) is 0 Å². The molecule has 0 amide bonds. The molecule has 4 aliphatic rings. The first-order valence-corrected chi connectivity index (χ1v) is 15.0. The quantitative estimate of drug-likeness (QED) is 0.392. The summed E-state index contributed by atoms with van der Waals surface area (Å²) < 4.78 is 26.5. The Morgan fingerprint density at radius 1 is 1.21 bits per heavy atom. The first kappa shape index (κ1) is 30.7. The Morgan fingerprint density at radius 2 is 1.93 bits per heavy atom. The van der Waals surface area contributed by atoms with Crippen LogP contribution in [0.4, 0.5) is 0 Å². The number of rotatable bonds is 5. The summed E-state index contributed by atoms with van der Waals surface area (Å²) in [6.07, 6.45) is 4.50. The van der Waals surface area contributed by atoms with Crippen LogP contribution in [0.1, 0.15) is 63.2 Å². The van der Waals surface area contributed by atoms with Crippen molar-refractivity contribution >= 4 is 11.9 Å². The highest BCUT2D eigenvalue weighted by Crippen LogP contribution is 2.61. The van der Waals surface area contributed by atoms with Crippen LogP contribution in [0.15, 0.2) is 54.5 Å². The van der Waals surface area contributed by atoms with E-state index >= 15 is 0 Å². The van der Waals surface area contributed by atoms with Gasteiger partial charge in [-0.1, -0.05) is 52.5 Å². The molecule has 0 radical (unpaired) electrons. The Hall–Kier alpha value is -2.72. The molecule has 42 heavy (non-hydrogen) atoms. The molecule has 230 valence electrons. The molecule has 3 heterocycles. The second-order valence-electron chi connectivity index (χ2n) is 12.9. The minimum Gasteiger partial charge on any atom is -0.489 e. The van der Waals surface area contributed by atoms with E-state index in [1.54, 1.807) is 46.2 Å². The van der Waals surface area contributed by atoms with Crippen molar-refractivity contribution in [2.75, 3.05) is 7.11 Å². The van der Waals surface area contributed by atoms with Gasteiger partial charge >= 0.3 is 5.97 Å². The topological polar surface area (TPSA) is 116 Å². The molecule has 9 nitrogen and oxygen atoms in total. The predicted octanol–water partition coefficient (Wildman–Crippen LogP) is 4.16. The van der Waals surface area contributed by atoms with Crippen molar-refractivity contribution < 1.29 is 38.7 Å². The third-order valence-corrected chi connectivity index (χ3v) is 9.94. The molecular weight excluding hydrogens is 538 g/mol. The molecule has 1 saturated carbocycles. The zero-order valence-corrected chi connectivity index (χ0v) is 25.6. The molecule has 2 unspecified atom stereocenters. The van der Waals surface area contributed by atoms with Crippen LogP contribution >= 0.6 is 0 Å². The molecule has 1 saturated heterocycles. The lowest BCUT2D eigenvalue weighted by Crippen LogP contribution is -2.57. The molecular formula is C33H45NO8. The van der Waals surface area contributed by atoms with Gasteiger partial charge in [0.05, 0.1) is 12.2 Å². The Morgan fingerprint density at radius 3 is 2.57 bits per heavy atom. The summed E-state index contributed by atoms with van der Waals surface area (Å²) in [5, 5.41) is 22.5. The number of carbonyl (C=O) groups is 2. The summed E-state index contributed by atoms with van der Waals surface area (Å²) in [5.74, 6) is -1.96. The van der Waals surface area contributed by atoms with Crippen LogP contribution in [0.3, 0.4) is 0 Å². The van der Waals surface area contributed by atoms with Gasteiger partial charge in [-0.3, -0.25) is 9.36 Å². The minimum atomic E-state index is -0.890. The Bertz CT molecular complexity index is 1280. The highest BCUT2D eigenvalue weighted by atomic mass is 16.6. The number of esters is 1. The predicted molar refractivity (Wildman–Crippen MR) is 156 cm³/mol. The third-order valence-electron chi connectivity index (χ3n) is 9.94. The van der Waals surface area contributed by atoms with E-state index in [2.05, 4.69) is 24.8 Å². The molecule has 1 aromatic heterocycles. The van der Waals surface area contributed by atoms with Crippen molar-refractivity contribution in [2.24, 2.45) is 35.5 Å². The van der Waals surface area contributed by atoms with E-state index in [0.717, 1.165) is 5.57 Å². The molecule has 5 rings (SSSR count). The number of aliphatic hydroxyl groups is 2. The van der Waals surface area contributed by atoms with E-state index in [0.29, 0.717) is 12.2 Å². The lowest BCUT2D eigenvalue weighted by molar-refractivity contribution is -0.108. The number of hydrogen-bond donors (Lipinski definition) is 2. The van der Waals surface area contributed by atoms with Crippen molar-refractivity contribution in [2.45, 2.75) is 90.2 Å². The van der Waals surface area contributed by atoms with Crippen LogP contribution in [-0.4, -0.2) is 76.0 Å². The fourth-order valence-corrected chi connectivity index (χ4v) is 7.81. The number of hydrogen-bond acceptors (Lipinski definition) is 8. The maximum atomic E-state index is 13.5. The Kier molecular flexibility index (Phi) is 8.35. The summed E-state index contributed by atoms with van der Waals surface area (Å²) in [5.41, 5.74) is 0.200. The van der Waals surface area contributed by atoms with Gasteiger partial charge in [-0.25, -0.2) is 4.79 Å². The fourth-order valence-electron chi connectivity index (χ4n) is 7.81. The first-order valence-electron chi connectivity index (χ1n) is 15.0. The molecule has 1 aromatic rings. The van der Waals surface area contributed by atoms with E-state index in [9.17, 15) is 19.8 Å². The highest BCUT2D eigenvalue weighted by Gasteiger charge is 2.69. The average molecular weight is 584 g/mol. The largest absolute Gasteiger partial charge is 0.489 e. The highest BCUT2D eigenvalue weighted by molar-refractivity contribution is 5.94. The van der Waals surface area contributed by atoms with Gasteiger partial charge in [-0.15, -0.1) is 0 Å². The molecule has 0 aromatic carbocycles. The lowest BCUT2D eigenvalue weighted by Gasteiger charge is -2.49. The van der Waals surface area contributed by atoms with Gasteiger partial charge in [0, 0.05) is 48.8 Å². The normalized spacial score (nSPS) is 41.4. The van der Waals surface area contributed by atoms with Gasteiger partial charge in [0.25, 0.3) is 0 Å². The first-order chi connectivity index (χ1) is 19.8. The standard InChI is InChI=1S/C33H45NO8/c1-16(2)31(37)34-13-9-10-24(34)32(38)41-29-19(5)27(36)26-23-12-11-22-15-25(39-8)21(7)40-28(20(6)35)17(3)14-18(4)33(22,26)42-30(23)29/h9-14,16-17,19-20,22-23,25-30,35-36H,7,15H2,1-6,8H3/b18-14+/t17-,19-,20?,22?,23-,25+,26+,27-,28+,29-,30-,33+/m1/s1. The smallest absolute Gasteiger partial charge is 0.355 e. The second-order valence-corrected chi connectivity index (χ2v) is 12.9. The van der Waals surface area contributed by atoms with Gasteiger partial charge in [0.2, 0.25) is 5.91 Å². The van der Waals surface area contributed by atoms with Gasteiger partial charge < -0.3 is 29.2 Å². The van der Waals surface area contributed by atoms with Crippen molar-refractivity contribution in [1.82, 2.24) is 4.57 Å². The monoisotopic (exact) mass is 583 g/mol. The Balaban J connectivity index is 1.54. The number of methoxy groups -OCH3 is 1. The van der Waals surface area contributed by atoms with Crippen molar-refractivity contribution in [3.63, 3.8) is 0 Å². The lowest BCUT2D eigenvalue weighted by atomic mass is 9.57. The molecule has 4 bridgehead atoms. The maximum Gasteiger partial charge on any atom is 0.355 e. The summed E-state index contributed by atoms with van der Waals surface area (Å²) in [6.45, 7) is 15.3. The number of ether oxygens (including phenoxy) is 4. The van der Waals surface area contributed by atoms with Gasteiger partial charge in [-0.2, -0.15) is 0 Å². The molecule has 12 atom stereocenters. The maximum absolute atomic E-state index is 13.5. The van der Waals surface area contributed by atoms with Gasteiger partial charge in [0.1, 0.15) is 41.5 Å². The van der Waals surface area contributed by atoms with E-state index in [1.807, 2.05) is 20.8 Å².